The molecule has 2 amide bonds. The van der Waals surface area contributed by atoms with Crippen LogP contribution >= 0.6 is 0 Å². The normalized spacial score (nSPS) is 18.5. The molecule has 0 unspecified atom stereocenters. The van der Waals surface area contributed by atoms with Crippen LogP contribution in [-0.4, -0.2) is 28.9 Å². The summed E-state index contributed by atoms with van der Waals surface area (Å²) in [7, 11) is 0. The Labute approximate surface area is 177 Å². The number of carbonyl (C=O) groups is 2. The van der Waals surface area contributed by atoms with Gasteiger partial charge in [0.05, 0.1) is 11.1 Å². The van der Waals surface area contributed by atoms with E-state index in [1.54, 1.807) is 6.07 Å². The van der Waals surface area contributed by atoms with E-state index in [-0.39, 0.29) is 17.6 Å². The number of hydrogen-bond acceptors (Lipinski definition) is 4. The number of pyridine rings is 1. The summed E-state index contributed by atoms with van der Waals surface area (Å²) >= 11 is 0. The third kappa shape index (κ3) is 4.63. The molecule has 0 saturated heterocycles. The molecule has 0 radical (unpaired) electrons. The highest BCUT2D eigenvalue weighted by Gasteiger charge is 2.24. The molecule has 2 aromatic carbocycles. The van der Waals surface area contributed by atoms with E-state index in [2.05, 4.69) is 15.6 Å². The molecule has 1 aromatic heterocycles. The Morgan fingerprint density at radius 2 is 1.65 bits per heavy atom. The third-order valence-corrected chi connectivity index (χ3v) is 5.58. The van der Waals surface area contributed by atoms with E-state index in [4.69, 9.17) is 5.73 Å². The molecule has 8 heteroatoms. The standard InChI is InChI=1S/C23H22F2N4O2/c24-18-10-5-13(11-19(18)25)23(31)28-15-8-6-14(7-9-15)27-21-12-17(22(26)30)16-3-1-2-4-20(16)29-21/h1-5,10-12,14-15H,6-9H2,(H2,26,30)(H,27,29)(H,28,31)/t14-,15+. The van der Waals surface area contributed by atoms with Crippen molar-refractivity contribution in [1.82, 2.24) is 10.3 Å². The molecule has 1 fully saturated rings. The first-order valence-electron chi connectivity index (χ1n) is 10.1. The number of para-hydroxylation sites is 1. The highest BCUT2D eigenvalue weighted by Crippen LogP contribution is 2.25. The zero-order chi connectivity index (χ0) is 22.0. The number of amides is 2. The SMILES string of the molecule is NC(=O)c1cc(N[C@H]2CC[C@@H](NC(=O)c3ccc(F)c(F)c3)CC2)nc2ccccc12. The van der Waals surface area contributed by atoms with E-state index in [1.807, 2.05) is 24.3 Å². The van der Waals surface area contributed by atoms with Gasteiger partial charge in [0, 0.05) is 23.0 Å². The number of hydrogen-bond donors (Lipinski definition) is 3. The summed E-state index contributed by atoms with van der Waals surface area (Å²) in [6.45, 7) is 0. The van der Waals surface area contributed by atoms with Crippen molar-refractivity contribution in [3.8, 4) is 0 Å². The lowest BCUT2D eigenvalue weighted by atomic mass is 9.91. The molecule has 4 N–H and O–H groups in total. The maximum Gasteiger partial charge on any atom is 0.251 e. The minimum absolute atomic E-state index is 0.0515. The van der Waals surface area contributed by atoms with Gasteiger partial charge in [0.15, 0.2) is 11.6 Å². The molecular formula is C23H22F2N4O2. The maximum atomic E-state index is 13.4. The molecule has 31 heavy (non-hydrogen) atoms. The van der Waals surface area contributed by atoms with Crippen molar-refractivity contribution >= 4 is 28.5 Å². The van der Waals surface area contributed by atoms with Gasteiger partial charge < -0.3 is 16.4 Å². The molecule has 6 nitrogen and oxygen atoms in total. The number of halogens is 2. The second-order valence-electron chi connectivity index (χ2n) is 7.73. The topological polar surface area (TPSA) is 97.1 Å². The van der Waals surface area contributed by atoms with Crippen LogP contribution in [0.25, 0.3) is 10.9 Å². The van der Waals surface area contributed by atoms with E-state index in [0.29, 0.717) is 22.3 Å². The lowest BCUT2D eigenvalue weighted by Crippen LogP contribution is -2.40. The van der Waals surface area contributed by atoms with Crippen LogP contribution in [0.2, 0.25) is 0 Å². The molecule has 0 aliphatic heterocycles. The molecule has 0 atom stereocenters. The molecule has 160 valence electrons. The number of primary amides is 1. The van der Waals surface area contributed by atoms with Crippen LogP contribution in [0.4, 0.5) is 14.6 Å². The minimum atomic E-state index is -1.04. The molecule has 3 aromatic rings. The number of nitrogens with one attached hydrogen (secondary N) is 2. The summed E-state index contributed by atoms with van der Waals surface area (Å²) in [4.78, 5) is 28.7. The number of fused-ring (bicyclic) bond motifs is 1. The average Bonchev–Trinajstić information content (AvgIpc) is 2.76. The minimum Gasteiger partial charge on any atom is -0.367 e. The van der Waals surface area contributed by atoms with Gasteiger partial charge in [-0.1, -0.05) is 18.2 Å². The van der Waals surface area contributed by atoms with Gasteiger partial charge in [-0.2, -0.15) is 0 Å². The second kappa shape index (κ2) is 8.67. The van der Waals surface area contributed by atoms with E-state index in [1.165, 1.54) is 6.07 Å². The number of nitrogens with two attached hydrogens (primary N) is 1. The predicted molar refractivity (Wildman–Crippen MR) is 114 cm³/mol. The number of nitrogens with zero attached hydrogens (tertiary/aromatic N) is 1. The fourth-order valence-corrected chi connectivity index (χ4v) is 3.95. The Bertz CT molecular complexity index is 1140. The van der Waals surface area contributed by atoms with E-state index >= 15 is 0 Å². The van der Waals surface area contributed by atoms with E-state index in [9.17, 15) is 18.4 Å². The Balaban J connectivity index is 1.37. The van der Waals surface area contributed by atoms with E-state index < -0.39 is 23.4 Å². The number of anilines is 1. The van der Waals surface area contributed by atoms with Crippen molar-refractivity contribution in [3.63, 3.8) is 0 Å². The predicted octanol–water partition coefficient (Wildman–Crippen LogP) is 3.77. The zero-order valence-corrected chi connectivity index (χ0v) is 16.7. The highest BCUT2D eigenvalue weighted by atomic mass is 19.2. The van der Waals surface area contributed by atoms with Crippen LogP contribution in [0.15, 0.2) is 48.5 Å². The summed E-state index contributed by atoms with van der Waals surface area (Å²) < 4.78 is 26.4. The summed E-state index contributed by atoms with van der Waals surface area (Å²) in [6, 6.07) is 12.2. The molecular weight excluding hydrogens is 402 g/mol. The molecule has 1 aliphatic rings. The van der Waals surface area contributed by atoms with Gasteiger partial charge in [0.2, 0.25) is 5.91 Å². The second-order valence-corrected chi connectivity index (χ2v) is 7.73. The van der Waals surface area contributed by atoms with Crippen molar-refractivity contribution in [1.29, 1.82) is 0 Å². The van der Waals surface area contributed by atoms with Crippen LogP contribution in [0.1, 0.15) is 46.4 Å². The van der Waals surface area contributed by atoms with Crippen molar-refractivity contribution in [2.75, 3.05) is 5.32 Å². The maximum absolute atomic E-state index is 13.4. The van der Waals surface area contributed by atoms with Crippen LogP contribution < -0.4 is 16.4 Å². The zero-order valence-electron chi connectivity index (χ0n) is 16.7. The van der Waals surface area contributed by atoms with Crippen molar-refractivity contribution in [2.45, 2.75) is 37.8 Å². The van der Waals surface area contributed by atoms with E-state index in [0.717, 1.165) is 37.8 Å². The van der Waals surface area contributed by atoms with Crippen molar-refractivity contribution in [2.24, 2.45) is 5.73 Å². The van der Waals surface area contributed by atoms with Crippen LogP contribution in [-0.2, 0) is 0 Å². The Morgan fingerprint density at radius 3 is 2.35 bits per heavy atom. The quantitative estimate of drug-likeness (QED) is 0.581. The first-order valence-corrected chi connectivity index (χ1v) is 10.1. The number of carbonyl (C=O) groups excluding carboxylic acids is 2. The summed E-state index contributed by atoms with van der Waals surface area (Å²) in [5.74, 6) is -2.37. The fraction of sp³-hybridized carbons (Fsp3) is 0.261. The van der Waals surface area contributed by atoms with Gasteiger partial charge >= 0.3 is 0 Å². The summed E-state index contributed by atoms with van der Waals surface area (Å²) in [6.07, 6.45) is 3.01. The Morgan fingerprint density at radius 1 is 0.935 bits per heavy atom. The van der Waals surface area contributed by atoms with Gasteiger partial charge in [0.1, 0.15) is 5.82 Å². The number of rotatable bonds is 5. The number of benzene rings is 2. The Hall–Kier alpha value is -3.55. The smallest absolute Gasteiger partial charge is 0.251 e. The molecule has 1 heterocycles. The average molecular weight is 424 g/mol. The van der Waals surface area contributed by atoms with Crippen molar-refractivity contribution < 1.29 is 18.4 Å². The first kappa shape index (κ1) is 20.7. The van der Waals surface area contributed by atoms with Crippen LogP contribution in [0.5, 0.6) is 0 Å². The van der Waals surface area contributed by atoms with Crippen molar-refractivity contribution in [3.05, 3.63) is 71.3 Å². The lowest BCUT2D eigenvalue weighted by molar-refractivity contribution is 0.0925. The van der Waals surface area contributed by atoms with Gasteiger partial charge in [0.25, 0.3) is 5.91 Å². The van der Waals surface area contributed by atoms with Gasteiger partial charge in [-0.3, -0.25) is 9.59 Å². The lowest BCUT2D eigenvalue weighted by Gasteiger charge is -2.30. The van der Waals surface area contributed by atoms with Gasteiger partial charge in [-0.05, 0) is 56.0 Å². The molecule has 1 saturated carbocycles. The highest BCUT2D eigenvalue weighted by molar-refractivity contribution is 6.06. The molecule has 0 bridgehead atoms. The molecule has 0 spiro atoms. The van der Waals surface area contributed by atoms with Gasteiger partial charge in [-0.25, -0.2) is 13.8 Å². The van der Waals surface area contributed by atoms with Gasteiger partial charge in [-0.15, -0.1) is 0 Å². The fourth-order valence-electron chi connectivity index (χ4n) is 3.95. The number of aromatic nitrogens is 1. The monoisotopic (exact) mass is 424 g/mol. The first-order chi connectivity index (χ1) is 14.9. The Kier molecular flexibility index (Phi) is 5.79. The van der Waals surface area contributed by atoms with Crippen LogP contribution in [0.3, 0.4) is 0 Å². The van der Waals surface area contributed by atoms with Crippen LogP contribution in [0, 0.1) is 11.6 Å². The third-order valence-electron chi connectivity index (χ3n) is 5.58. The summed E-state index contributed by atoms with van der Waals surface area (Å²) in [5.41, 5.74) is 6.73. The molecule has 1 aliphatic carbocycles. The largest absolute Gasteiger partial charge is 0.367 e. The summed E-state index contributed by atoms with van der Waals surface area (Å²) in [5, 5.41) is 6.96. The molecule has 4 rings (SSSR count).